The molecule has 1 heterocycles. The highest BCUT2D eigenvalue weighted by atomic mass is 16.5. The minimum atomic E-state index is -0.382. The Morgan fingerprint density at radius 3 is 2.43 bits per heavy atom. The van der Waals surface area contributed by atoms with Gasteiger partial charge in [0.05, 0.1) is 11.5 Å². The molecule has 2 amide bonds. The fourth-order valence-corrected chi connectivity index (χ4v) is 1.65. The number of hydrogen-bond donors (Lipinski definition) is 1. The Morgan fingerprint density at radius 2 is 2.07 bits per heavy atom. The normalized spacial score (nSPS) is 25.0. The van der Waals surface area contributed by atoms with Crippen molar-refractivity contribution in [2.24, 2.45) is 11.8 Å². The molecule has 14 heavy (non-hydrogen) atoms. The van der Waals surface area contributed by atoms with Crippen molar-refractivity contribution in [3.8, 4) is 0 Å². The summed E-state index contributed by atoms with van der Waals surface area (Å²) in [4.78, 5) is 22.4. The Kier molecular flexibility index (Phi) is 2.95. The van der Waals surface area contributed by atoms with Crippen molar-refractivity contribution in [2.75, 3.05) is 7.11 Å². The molecule has 1 fully saturated rings. The molecule has 2 unspecified atom stereocenters. The van der Waals surface area contributed by atoms with Crippen LogP contribution in [0.5, 0.6) is 0 Å². The van der Waals surface area contributed by atoms with Crippen LogP contribution in [-0.2, 0) is 14.3 Å². The van der Waals surface area contributed by atoms with Gasteiger partial charge in [0.25, 0.3) is 0 Å². The van der Waals surface area contributed by atoms with Gasteiger partial charge in [-0.2, -0.15) is 0 Å². The maximum Gasteiger partial charge on any atom is 0.230 e. The highest BCUT2D eigenvalue weighted by Gasteiger charge is 2.41. The number of ether oxygens (including phenoxy) is 1. The zero-order valence-corrected chi connectivity index (χ0v) is 9.09. The molecule has 0 aliphatic carbocycles. The molecule has 0 aromatic heterocycles. The van der Waals surface area contributed by atoms with Crippen LogP contribution < -0.4 is 5.32 Å². The average Bonchev–Trinajstić information content (AvgIpc) is 2.44. The zero-order valence-electron chi connectivity index (χ0n) is 9.09. The maximum atomic E-state index is 11.4. The summed E-state index contributed by atoms with van der Waals surface area (Å²) >= 11 is 0. The van der Waals surface area contributed by atoms with E-state index in [0.717, 1.165) is 0 Å². The van der Waals surface area contributed by atoms with Crippen molar-refractivity contribution in [3.05, 3.63) is 0 Å². The second-order valence-corrected chi connectivity index (χ2v) is 4.32. The largest absolute Gasteiger partial charge is 0.379 e. The van der Waals surface area contributed by atoms with E-state index in [2.05, 4.69) is 5.32 Å². The molecule has 1 N–H and O–H groups in total. The topological polar surface area (TPSA) is 55.4 Å². The van der Waals surface area contributed by atoms with Crippen LogP contribution in [0.15, 0.2) is 0 Å². The second-order valence-electron chi connectivity index (χ2n) is 4.32. The van der Waals surface area contributed by atoms with Crippen molar-refractivity contribution >= 4 is 11.8 Å². The third kappa shape index (κ3) is 1.95. The Morgan fingerprint density at radius 1 is 1.50 bits per heavy atom. The van der Waals surface area contributed by atoms with Gasteiger partial charge in [-0.15, -0.1) is 0 Å². The van der Waals surface area contributed by atoms with Gasteiger partial charge in [-0.3, -0.25) is 14.9 Å². The lowest BCUT2D eigenvalue weighted by Crippen LogP contribution is -2.39. The van der Waals surface area contributed by atoms with Gasteiger partial charge in [-0.1, -0.05) is 6.92 Å². The Labute approximate surface area is 84.0 Å². The van der Waals surface area contributed by atoms with Gasteiger partial charge in [0.1, 0.15) is 0 Å². The number of imide groups is 1. The van der Waals surface area contributed by atoms with Crippen LogP contribution in [0.3, 0.4) is 0 Å². The SMILES string of the molecule is COC(C)(C)C(C)C1CC(=O)NC1=O. The lowest BCUT2D eigenvalue weighted by Gasteiger charge is -2.32. The Hall–Kier alpha value is -0.900. The average molecular weight is 199 g/mol. The lowest BCUT2D eigenvalue weighted by molar-refractivity contribution is -0.128. The smallest absolute Gasteiger partial charge is 0.230 e. The molecule has 0 aromatic carbocycles. The van der Waals surface area contributed by atoms with Crippen molar-refractivity contribution in [2.45, 2.75) is 32.8 Å². The molecule has 1 rings (SSSR count). The molecule has 4 nitrogen and oxygen atoms in total. The summed E-state index contributed by atoms with van der Waals surface area (Å²) in [5.41, 5.74) is -0.382. The first-order chi connectivity index (χ1) is 6.38. The minimum absolute atomic E-state index is 0.0268. The molecule has 4 heteroatoms. The summed E-state index contributed by atoms with van der Waals surface area (Å²) in [5.74, 6) is -0.581. The number of rotatable bonds is 3. The van der Waals surface area contributed by atoms with Crippen LogP contribution in [-0.4, -0.2) is 24.5 Å². The summed E-state index contributed by atoms with van der Waals surface area (Å²) in [6.45, 7) is 5.79. The monoisotopic (exact) mass is 199 g/mol. The number of methoxy groups -OCH3 is 1. The lowest BCUT2D eigenvalue weighted by atomic mass is 9.80. The third-order valence-electron chi connectivity index (χ3n) is 3.23. The maximum absolute atomic E-state index is 11.4. The first kappa shape index (κ1) is 11.2. The molecule has 1 saturated heterocycles. The van der Waals surface area contributed by atoms with E-state index >= 15 is 0 Å². The Balaban J connectivity index is 2.75. The van der Waals surface area contributed by atoms with E-state index in [1.165, 1.54) is 0 Å². The van der Waals surface area contributed by atoms with Gasteiger partial charge in [0.2, 0.25) is 11.8 Å². The third-order valence-corrected chi connectivity index (χ3v) is 3.23. The van der Waals surface area contributed by atoms with Crippen molar-refractivity contribution in [3.63, 3.8) is 0 Å². The summed E-state index contributed by atoms with van der Waals surface area (Å²) in [5, 5.41) is 2.31. The number of carbonyl (C=O) groups is 2. The van der Waals surface area contributed by atoms with E-state index in [9.17, 15) is 9.59 Å². The summed E-state index contributed by atoms with van der Waals surface area (Å²) in [6, 6.07) is 0. The molecule has 1 aliphatic heterocycles. The highest BCUT2D eigenvalue weighted by Crippen LogP contribution is 2.31. The molecule has 0 bridgehead atoms. The number of hydrogen-bond acceptors (Lipinski definition) is 3. The van der Waals surface area contributed by atoms with Gasteiger partial charge in [-0.05, 0) is 19.8 Å². The van der Waals surface area contributed by atoms with Crippen molar-refractivity contribution < 1.29 is 14.3 Å². The van der Waals surface area contributed by atoms with Crippen LogP contribution >= 0.6 is 0 Å². The van der Waals surface area contributed by atoms with Crippen LogP contribution in [0.1, 0.15) is 27.2 Å². The molecule has 1 aliphatic rings. The van der Waals surface area contributed by atoms with Gasteiger partial charge < -0.3 is 4.74 Å². The fraction of sp³-hybridized carbons (Fsp3) is 0.800. The molecule has 0 radical (unpaired) electrons. The fourth-order valence-electron chi connectivity index (χ4n) is 1.65. The van der Waals surface area contributed by atoms with Crippen LogP contribution in [0.2, 0.25) is 0 Å². The summed E-state index contributed by atoms with van der Waals surface area (Å²) in [6.07, 6.45) is 0.285. The molecular formula is C10H17NO3. The van der Waals surface area contributed by atoms with Gasteiger partial charge >= 0.3 is 0 Å². The summed E-state index contributed by atoms with van der Waals surface area (Å²) < 4.78 is 5.30. The van der Waals surface area contributed by atoms with Crippen molar-refractivity contribution in [1.82, 2.24) is 5.32 Å². The quantitative estimate of drug-likeness (QED) is 0.681. The highest BCUT2D eigenvalue weighted by molar-refractivity contribution is 6.03. The number of amides is 2. The van der Waals surface area contributed by atoms with E-state index < -0.39 is 0 Å². The van der Waals surface area contributed by atoms with Gasteiger partial charge in [0, 0.05) is 13.5 Å². The molecule has 0 spiro atoms. The second kappa shape index (κ2) is 3.69. The zero-order chi connectivity index (χ0) is 10.9. The van der Waals surface area contributed by atoms with Crippen LogP contribution in [0.4, 0.5) is 0 Å². The van der Waals surface area contributed by atoms with Crippen LogP contribution in [0, 0.1) is 11.8 Å². The van der Waals surface area contributed by atoms with E-state index in [0.29, 0.717) is 0 Å². The van der Waals surface area contributed by atoms with Crippen molar-refractivity contribution in [1.29, 1.82) is 0 Å². The van der Waals surface area contributed by atoms with E-state index in [1.54, 1.807) is 7.11 Å². The molecule has 0 saturated carbocycles. The first-order valence-corrected chi connectivity index (χ1v) is 4.77. The molecule has 0 aromatic rings. The minimum Gasteiger partial charge on any atom is -0.379 e. The number of nitrogens with one attached hydrogen (secondary N) is 1. The number of carbonyl (C=O) groups excluding carboxylic acids is 2. The standard InChI is InChI=1S/C10H17NO3/c1-6(10(2,3)14-4)7-5-8(12)11-9(7)13/h6-7H,5H2,1-4H3,(H,11,12,13). The molecular weight excluding hydrogens is 182 g/mol. The van der Waals surface area contributed by atoms with E-state index in [4.69, 9.17) is 4.74 Å². The summed E-state index contributed by atoms with van der Waals surface area (Å²) in [7, 11) is 1.62. The van der Waals surface area contributed by atoms with Crippen LogP contribution in [0.25, 0.3) is 0 Å². The van der Waals surface area contributed by atoms with Gasteiger partial charge in [-0.25, -0.2) is 0 Å². The predicted molar refractivity (Wildman–Crippen MR) is 51.5 cm³/mol. The Bertz CT molecular complexity index is 260. The predicted octanol–water partition coefficient (Wildman–Crippen LogP) is 0.710. The van der Waals surface area contributed by atoms with Gasteiger partial charge in [0.15, 0.2) is 0 Å². The first-order valence-electron chi connectivity index (χ1n) is 4.77. The molecule has 80 valence electrons. The van der Waals surface area contributed by atoms with E-state index in [-0.39, 0.29) is 35.7 Å². The van der Waals surface area contributed by atoms with E-state index in [1.807, 2.05) is 20.8 Å². The molecule has 2 atom stereocenters.